The number of methoxy groups -OCH3 is 1. The van der Waals surface area contributed by atoms with E-state index in [4.69, 9.17) is 10.5 Å². The van der Waals surface area contributed by atoms with Crippen molar-refractivity contribution in [2.24, 2.45) is 5.73 Å². The van der Waals surface area contributed by atoms with Gasteiger partial charge in [0, 0.05) is 21.2 Å². The highest BCUT2D eigenvalue weighted by atomic mass is 79.9. The lowest BCUT2D eigenvalue weighted by Gasteiger charge is -2.13. The second-order valence-corrected chi connectivity index (χ2v) is 6.16. The van der Waals surface area contributed by atoms with Gasteiger partial charge in [0.15, 0.2) is 0 Å². The molecule has 100 valence electrons. The summed E-state index contributed by atoms with van der Waals surface area (Å²) in [4.78, 5) is 1.22. The number of halogens is 1. The quantitative estimate of drug-likeness (QED) is 0.828. The minimum absolute atomic E-state index is 0.000850. The summed E-state index contributed by atoms with van der Waals surface area (Å²) in [5.74, 6) is 1.68. The summed E-state index contributed by atoms with van der Waals surface area (Å²) in [5.41, 5.74) is 7.32. The van der Waals surface area contributed by atoms with Crippen LogP contribution in [0.3, 0.4) is 0 Å². The molecule has 0 saturated heterocycles. The minimum Gasteiger partial charge on any atom is -0.497 e. The predicted octanol–water partition coefficient (Wildman–Crippen LogP) is 4.25. The molecule has 0 saturated carbocycles. The van der Waals surface area contributed by atoms with Crippen LogP contribution in [0.1, 0.15) is 11.6 Å². The molecule has 0 bridgehead atoms. The molecule has 0 spiro atoms. The molecular weight excluding hydrogens is 322 g/mol. The highest BCUT2D eigenvalue weighted by Crippen LogP contribution is 2.26. The molecule has 4 heteroatoms. The van der Waals surface area contributed by atoms with E-state index in [1.54, 1.807) is 18.9 Å². The van der Waals surface area contributed by atoms with Crippen LogP contribution in [0.2, 0.25) is 0 Å². The second kappa shape index (κ2) is 6.98. The highest BCUT2D eigenvalue weighted by molar-refractivity contribution is 9.10. The molecule has 19 heavy (non-hydrogen) atoms. The fourth-order valence-corrected chi connectivity index (χ4v) is 3.21. The van der Waals surface area contributed by atoms with E-state index >= 15 is 0 Å². The Morgan fingerprint density at radius 2 is 2.00 bits per heavy atom. The molecule has 0 aliphatic rings. The first-order chi connectivity index (χ1) is 9.19. The van der Waals surface area contributed by atoms with Gasteiger partial charge in [0.1, 0.15) is 5.75 Å². The summed E-state index contributed by atoms with van der Waals surface area (Å²) < 4.78 is 6.31. The molecule has 1 unspecified atom stereocenters. The van der Waals surface area contributed by atoms with Gasteiger partial charge < -0.3 is 10.5 Å². The van der Waals surface area contributed by atoms with Crippen LogP contribution in [0.4, 0.5) is 0 Å². The Morgan fingerprint density at radius 3 is 2.74 bits per heavy atom. The highest BCUT2D eigenvalue weighted by Gasteiger charge is 2.08. The number of hydrogen-bond acceptors (Lipinski definition) is 3. The zero-order valence-electron chi connectivity index (χ0n) is 10.7. The number of nitrogens with two attached hydrogens (primary N) is 1. The normalized spacial score (nSPS) is 12.2. The largest absolute Gasteiger partial charge is 0.497 e. The van der Waals surface area contributed by atoms with Crippen molar-refractivity contribution in [1.29, 1.82) is 0 Å². The molecule has 1 atom stereocenters. The van der Waals surface area contributed by atoms with Gasteiger partial charge in [0.25, 0.3) is 0 Å². The third kappa shape index (κ3) is 4.27. The Kier molecular flexibility index (Phi) is 5.31. The smallest absolute Gasteiger partial charge is 0.119 e. The van der Waals surface area contributed by atoms with E-state index < -0.39 is 0 Å². The monoisotopic (exact) mass is 337 g/mol. The van der Waals surface area contributed by atoms with Crippen molar-refractivity contribution in [1.82, 2.24) is 0 Å². The van der Waals surface area contributed by atoms with E-state index in [2.05, 4.69) is 28.1 Å². The predicted molar refractivity (Wildman–Crippen MR) is 84.8 cm³/mol. The molecule has 0 aliphatic heterocycles. The maximum absolute atomic E-state index is 6.22. The topological polar surface area (TPSA) is 35.2 Å². The molecular formula is C15H16BrNOS. The summed E-state index contributed by atoms with van der Waals surface area (Å²) in [5, 5.41) is 0. The van der Waals surface area contributed by atoms with Crippen molar-refractivity contribution in [3.63, 3.8) is 0 Å². The molecule has 2 rings (SSSR count). The Balaban J connectivity index is 1.99. The molecule has 2 N–H and O–H groups in total. The zero-order chi connectivity index (χ0) is 13.7. The third-order valence-corrected chi connectivity index (χ3v) is 4.35. The molecule has 2 aromatic rings. The van der Waals surface area contributed by atoms with Crippen LogP contribution in [0.25, 0.3) is 0 Å². The summed E-state index contributed by atoms with van der Waals surface area (Å²) in [6.45, 7) is 0. The summed E-state index contributed by atoms with van der Waals surface area (Å²) in [7, 11) is 1.67. The van der Waals surface area contributed by atoms with Crippen molar-refractivity contribution in [2.45, 2.75) is 10.9 Å². The Bertz CT molecular complexity index is 547. The summed E-state index contributed by atoms with van der Waals surface area (Å²) in [6.07, 6.45) is 0. The number of hydrogen-bond donors (Lipinski definition) is 1. The molecule has 0 radical (unpaired) electrons. The van der Waals surface area contributed by atoms with Gasteiger partial charge in [-0.2, -0.15) is 0 Å². The van der Waals surface area contributed by atoms with Gasteiger partial charge in [-0.3, -0.25) is 0 Å². The Labute approximate surface area is 126 Å². The van der Waals surface area contributed by atoms with Gasteiger partial charge in [0.2, 0.25) is 0 Å². The van der Waals surface area contributed by atoms with Crippen LogP contribution >= 0.6 is 27.7 Å². The lowest BCUT2D eigenvalue weighted by atomic mass is 10.1. The summed E-state index contributed by atoms with van der Waals surface area (Å²) >= 11 is 5.23. The standard InChI is InChI=1S/C15H16BrNOS/c1-18-13-6-2-4-11(8-13)15(17)10-19-14-7-3-5-12(16)9-14/h2-9,15H,10,17H2,1H3. The van der Waals surface area contributed by atoms with Crippen molar-refractivity contribution in [3.8, 4) is 5.75 Å². The first kappa shape index (κ1) is 14.4. The van der Waals surface area contributed by atoms with Crippen LogP contribution in [0, 0.1) is 0 Å². The number of rotatable bonds is 5. The average molecular weight is 338 g/mol. The lowest BCUT2D eigenvalue weighted by Crippen LogP contribution is -2.12. The van der Waals surface area contributed by atoms with Crippen molar-refractivity contribution >= 4 is 27.7 Å². The van der Waals surface area contributed by atoms with E-state index in [9.17, 15) is 0 Å². The molecule has 0 aromatic heterocycles. The van der Waals surface area contributed by atoms with Gasteiger partial charge in [-0.1, -0.05) is 34.1 Å². The average Bonchev–Trinajstić information content (AvgIpc) is 2.45. The molecule has 2 aromatic carbocycles. The first-order valence-corrected chi connectivity index (χ1v) is 7.75. The van der Waals surface area contributed by atoms with Crippen LogP contribution in [-0.4, -0.2) is 12.9 Å². The molecule has 0 aliphatic carbocycles. The van der Waals surface area contributed by atoms with E-state index in [0.717, 1.165) is 21.5 Å². The van der Waals surface area contributed by atoms with Gasteiger partial charge in [-0.25, -0.2) is 0 Å². The molecule has 0 fully saturated rings. The SMILES string of the molecule is COc1cccc(C(N)CSc2cccc(Br)c2)c1. The van der Waals surface area contributed by atoms with E-state index in [1.165, 1.54) is 4.90 Å². The van der Waals surface area contributed by atoms with Gasteiger partial charge in [-0.05, 0) is 35.9 Å². The van der Waals surface area contributed by atoms with E-state index in [1.807, 2.05) is 36.4 Å². The van der Waals surface area contributed by atoms with Gasteiger partial charge in [0.05, 0.1) is 7.11 Å². The maximum atomic E-state index is 6.22. The van der Waals surface area contributed by atoms with Crippen LogP contribution < -0.4 is 10.5 Å². The number of ether oxygens (including phenoxy) is 1. The maximum Gasteiger partial charge on any atom is 0.119 e. The van der Waals surface area contributed by atoms with Crippen LogP contribution in [0.5, 0.6) is 5.75 Å². The van der Waals surface area contributed by atoms with Crippen molar-refractivity contribution in [3.05, 3.63) is 58.6 Å². The van der Waals surface area contributed by atoms with E-state index in [0.29, 0.717) is 0 Å². The fraction of sp³-hybridized carbons (Fsp3) is 0.200. The molecule has 2 nitrogen and oxygen atoms in total. The van der Waals surface area contributed by atoms with E-state index in [-0.39, 0.29) is 6.04 Å². The third-order valence-electron chi connectivity index (χ3n) is 2.75. The lowest BCUT2D eigenvalue weighted by molar-refractivity contribution is 0.414. The zero-order valence-corrected chi connectivity index (χ0v) is 13.1. The molecule has 0 heterocycles. The fourth-order valence-electron chi connectivity index (χ4n) is 1.71. The van der Waals surface area contributed by atoms with Crippen molar-refractivity contribution in [2.75, 3.05) is 12.9 Å². The summed E-state index contributed by atoms with van der Waals surface area (Å²) in [6, 6.07) is 16.2. The van der Waals surface area contributed by atoms with Gasteiger partial charge in [-0.15, -0.1) is 11.8 Å². The van der Waals surface area contributed by atoms with Crippen LogP contribution in [-0.2, 0) is 0 Å². The number of benzene rings is 2. The second-order valence-electron chi connectivity index (χ2n) is 4.15. The Hall–Kier alpha value is -0.970. The van der Waals surface area contributed by atoms with Crippen LogP contribution in [0.15, 0.2) is 57.9 Å². The Morgan fingerprint density at radius 1 is 1.21 bits per heavy atom. The molecule has 0 amide bonds. The van der Waals surface area contributed by atoms with Gasteiger partial charge >= 0.3 is 0 Å². The minimum atomic E-state index is -0.000850. The number of thioether (sulfide) groups is 1. The first-order valence-electron chi connectivity index (χ1n) is 5.97. The van der Waals surface area contributed by atoms with Crippen molar-refractivity contribution < 1.29 is 4.74 Å².